The summed E-state index contributed by atoms with van der Waals surface area (Å²) in [6.45, 7) is 1.09. The molecule has 2 aliphatic rings. The van der Waals surface area contributed by atoms with Gasteiger partial charge in [-0.05, 0) is 30.9 Å². The fraction of sp³-hybridized carbons (Fsp3) is 0.667. The van der Waals surface area contributed by atoms with Crippen LogP contribution in [0.4, 0.5) is 13.2 Å². The Balaban J connectivity index is 1.77. The first-order valence-electron chi connectivity index (χ1n) is 7.47. The van der Waals surface area contributed by atoms with Crippen LogP contribution in [0.2, 0.25) is 0 Å². The van der Waals surface area contributed by atoms with Crippen LogP contribution in [0, 0.1) is 0 Å². The zero-order chi connectivity index (χ0) is 15.8. The second-order valence-corrected chi connectivity index (χ2v) is 6.11. The summed E-state index contributed by atoms with van der Waals surface area (Å²) in [4.78, 5) is 3.99. The Labute approximate surface area is 126 Å². The second kappa shape index (κ2) is 5.79. The van der Waals surface area contributed by atoms with Crippen molar-refractivity contribution in [2.45, 2.75) is 43.5 Å². The summed E-state index contributed by atoms with van der Waals surface area (Å²) in [6, 6.07) is 0.983. The zero-order valence-electron chi connectivity index (χ0n) is 12.1. The van der Waals surface area contributed by atoms with Crippen LogP contribution in [0.5, 0.6) is 0 Å². The van der Waals surface area contributed by atoms with Gasteiger partial charge in [0.15, 0.2) is 0 Å². The highest BCUT2D eigenvalue weighted by molar-refractivity contribution is 5.31. The molecule has 1 aliphatic heterocycles. The summed E-state index contributed by atoms with van der Waals surface area (Å²) >= 11 is 0. The maximum Gasteiger partial charge on any atom is 0.417 e. The van der Waals surface area contributed by atoms with E-state index in [0.717, 1.165) is 19.0 Å². The molecule has 0 bridgehead atoms. The van der Waals surface area contributed by atoms with Crippen molar-refractivity contribution in [3.63, 3.8) is 0 Å². The Morgan fingerprint density at radius 3 is 2.95 bits per heavy atom. The lowest BCUT2D eigenvalue weighted by molar-refractivity contribution is -0.137. The molecule has 1 saturated heterocycles. The molecule has 1 aromatic rings. The first-order chi connectivity index (χ1) is 10.4. The first-order valence-corrected chi connectivity index (χ1v) is 7.47. The zero-order valence-corrected chi connectivity index (χ0v) is 12.1. The molecule has 1 fully saturated rings. The van der Waals surface area contributed by atoms with Crippen LogP contribution < -0.4 is 5.32 Å². The van der Waals surface area contributed by atoms with Crippen LogP contribution >= 0.6 is 0 Å². The number of aromatic nitrogens is 1. The van der Waals surface area contributed by atoms with Crippen molar-refractivity contribution in [2.75, 3.05) is 19.8 Å². The molecule has 0 spiro atoms. The number of ether oxygens (including phenoxy) is 1. The summed E-state index contributed by atoms with van der Waals surface area (Å²) in [6.07, 6.45) is -0.634. The fourth-order valence-electron chi connectivity index (χ4n) is 3.07. The molecule has 2 unspecified atom stereocenters. The quantitative estimate of drug-likeness (QED) is 0.898. The SMILES string of the molecule is OC1(CNC2CCCc3ncc(C(F)(F)F)cc32)CCOC1. The Morgan fingerprint density at radius 2 is 2.27 bits per heavy atom. The first kappa shape index (κ1) is 15.7. The van der Waals surface area contributed by atoms with Gasteiger partial charge in [0.1, 0.15) is 5.60 Å². The summed E-state index contributed by atoms with van der Waals surface area (Å²) in [5.74, 6) is 0. The number of hydrogen-bond donors (Lipinski definition) is 2. The van der Waals surface area contributed by atoms with Gasteiger partial charge in [0.25, 0.3) is 0 Å². The van der Waals surface area contributed by atoms with Crippen LogP contribution in [0.15, 0.2) is 12.3 Å². The summed E-state index contributed by atoms with van der Waals surface area (Å²) in [7, 11) is 0. The number of nitrogens with zero attached hydrogens (tertiary/aromatic N) is 1. The van der Waals surface area contributed by atoms with E-state index in [0.29, 0.717) is 37.3 Å². The molecule has 7 heteroatoms. The van der Waals surface area contributed by atoms with E-state index in [1.807, 2.05) is 0 Å². The van der Waals surface area contributed by atoms with Crippen LogP contribution in [0.1, 0.15) is 42.1 Å². The van der Waals surface area contributed by atoms with Crippen LogP contribution in [-0.2, 0) is 17.3 Å². The number of alkyl halides is 3. The molecule has 3 rings (SSSR count). The molecule has 0 aromatic carbocycles. The van der Waals surface area contributed by atoms with Crippen LogP contribution in [-0.4, -0.2) is 35.5 Å². The minimum Gasteiger partial charge on any atom is -0.386 e. The van der Waals surface area contributed by atoms with Gasteiger partial charge in [-0.3, -0.25) is 4.98 Å². The Hall–Kier alpha value is -1.18. The summed E-state index contributed by atoms with van der Waals surface area (Å²) in [5.41, 5.74) is -0.329. The maximum atomic E-state index is 12.9. The molecular weight excluding hydrogens is 297 g/mol. The lowest BCUT2D eigenvalue weighted by Crippen LogP contribution is -2.43. The van der Waals surface area contributed by atoms with Crippen molar-refractivity contribution < 1.29 is 23.0 Å². The normalized spacial score (nSPS) is 28.6. The molecular formula is C15H19F3N2O2. The maximum absolute atomic E-state index is 12.9. The molecule has 4 nitrogen and oxygen atoms in total. The fourth-order valence-corrected chi connectivity index (χ4v) is 3.07. The van der Waals surface area contributed by atoms with Crippen molar-refractivity contribution in [1.29, 1.82) is 0 Å². The van der Waals surface area contributed by atoms with E-state index in [9.17, 15) is 18.3 Å². The van der Waals surface area contributed by atoms with Crippen molar-refractivity contribution in [1.82, 2.24) is 10.3 Å². The van der Waals surface area contributed by atoms with Crippen molar-refractivity contribution in [3.05, 3.63) is 29.1 Å². The molecule has 2 atom stereocenters. The number of halogens is 3. The Bertz CT molecular complexity index is 542. The number of fused-ring (bicyclic) bond motifs is 1. The summed E-state index contributed by atoms with van der Waals surface area (Å²) in [5, 5.41) is 13.5. The third kappa shape index (κ3) is 3.26. The van der Waals surface area contributed by atoms with E-state index in [-0.39, 0.29) is 12.6 Å². The minimum atomic E-state index is -4.39. The van der Waals surface area contributed by atoms with E-state index in [1.165, 1.54) is 6.07 Å². The third-order valence-corrected chi connectivity index (χ3v) is 4.37. The minimum absolute atomic E-state index is 0.205. The highest BCUT2D eigenvalue weighted by Crippen LogP contribution is 2.35. The predicted octanol–water partition coefficient (Wildman–Crippen LogP) is 2.22. The van der Waals surface area contributed by atoms with Gasteiger partial charge < -0.3 is 15.2 Å². The molecule has 1 aliphatic carbocycles. The topological polar surface area (TPSA) is 54.4 Å². The Morgan fingerprint density at radius 1 is 1.45 bits per heavy atom. The lowest BCUT2D eigenvalue weighted by Gasteiger charge is -2.30. The van der Waals surface area contributed by atoms with E-state index < -0.39 is 17.3 Å². The van der Waals surface area contributed by atoms with Gasteiger partial charge in [0.2, 0.25) is 0 Å². The highest BCUT2D eigenvalue weighted by Gasteiger charge is 2.35. The number of rotatable bonds is 3. The van der Waals surface area contributed by atoms with E-state index in [1.54, 1.807) is 0 Å². The largest absolute Gasteiger partial charge is 0.417 e. The molecule has 122 valence electrons. The van der Waals surface area contributed by atoms with Crippen molar-refractivity contribution >= 4 is 0 Å². The molecule has 2 N–H and O–H groups in total. The van der Waals surface area contributed by atoms with Crippen molar-refractivity contribution in [2.24, 2.45) is 0 Å². The van der Waals surface area contributed by atoms with Crippen LogP contribution in [0.25, 0.3) is 0 Å². The van der Waals surface area contributed by atoms with Gasteiger partial charge in [-0.2, -0.15) is 13.2 Å². The standard InChI is InChI=1S/C15H19F3N2O2/c16-15(17,18)10-6-11-12(19-7-10)2-1-3-13(11)20-8-14(21)4-5-22-9-14/h6-7,13,20-21H,1-5,8-9H2. The average molecular weight is 316 g/mol. The molecule has 2 heterocycles. The smallest absolute Gasteiger partial charge is 0.386 e. The number of aryl methyl sites for hydroxylation is 1. The lowest BCUT2D eigenvalue weighted by atomic mass is 9.89. The molecule has 0 saturated carbocycles. The van der Waals surface area contributed by atoms with Crippen molar-refractivity contribution in [3.8, 4) is 0 Å². The van der Waals surface area contributed by atoms with Gasteiger partial charge in [0, 0.05) is 37.5 Å². The predicted molar refractivity (Wildman–Crippen MR) is 73.3 cm³/mol. The van der Waals surface area contributed by atoms with E-state index >= 15 is 0 Å². The average Bonchev–Trinajstić information content (AvgIpc) is 2.91. The number of pyridine rings is 1. The monoisotopic (exact) mass is 316 g/mol. The second-order valence-electron chi connectivity index (χ2n) is 6.11. The van der Waals surface area contributed by atoms with Gasteiger partial charge in [-0.1, -0.05) is 0 Å². The number of nitrogens with one attached hydrogen (secondary N) is 1. The van der Waals surface area contributed by atoms with Gasteiger partial charge >= 0.3 is 6.18 Å². The van der Waals surface area contributed by atoms with Gasteiger partial charge in [-0.15, -0.1) is 0 Å². The van der Waals surface area contributed by atoms with E-state index in [4.69, 9.17) is 4.74 Å². The molecule has 1 aromatic heterocycles. The highest BCUT2D eigenvalue weighted by atomic mass is 19.4. The molecule has 0 amide bonds. The third-order valence-electron chi connectivity index (χ3n) is 4.37. The van der Waals surface area contributed by atoms with E-state index in [2.05, 4.69) is 10.3 Å². The number of aliphatic hydroxyl groups is 1. The van der Waals surface area contributed by atoms with Crippen LogP contribution in [0.3, 0.4) is 0 Å². The summed E-state index contributed by atoms with van der Waals surface area (Å²) < 4.78 is 43.8. The van der Waals surface area contributed by atoms with Gasteiger partial charge in [-0.25, -0.2) is 0 Å². The molecule has 0 radical (unpaired) electrons. The molecule has 22 heavy (non-hydrogen) atoms. The Kier molecular flexibility index (Phi) is 4.13. The van der Waals surface area contributed by atoms with Gasteiger partial charge in [0.05, 0.1) is 12.2 Å². The number of hydrogen-bond acceptors (Lipinski definition) is 4.